The first-order valence-electron chi connectivity index (χ1n) is 11.0. The maximum Gasteiger partial charge on any atom is 0.337 e. The number of rotatable bonds is 7. The number of esters is 1. The Morgan fingerprint density at radius 2 is 1.67 bits per heavy atom. The number of amides is 1. The highest BCUT2D eigenvalue weighted by Gasteiger charge is 2.49. The summed E-state index contributed by atoms with van der Waals surface area (Å²) in [5.41, 5.74) is 2.02. The predicted octanol–water partition coefficient (Wildman–Crippen LogP) is 4.35. The number of ether oxygens (including phenoxy) is 1. The molecule has 1 saturated carbocycles. The average Bonchev–Trinajstić information content (AvgIpc) is 3.60. The number of nitrogens with one attached hydrogen (secondary N) is 1. The van der Waals surface area contributed by atoms with E-state index in [1.807, 2.05) is 0 Å². The van der Waals surface area contributed by atoms with E-state index in [1.165, 1.54) is 7.11 Å². The van der Waals surface area contributed by atoms with Crippen molar-refractivity contribution in [3.63, 3.8) is 0 Å². The van der Waals surface area contributed by atoms with Crippen molar-refractivity contribution in [2.24, 2.45) is 0 Å². The molecule has 0 unspecified atom stereocenters. The summed E-state index contributed by atoms with van der Waals surface area (Å²) in [6.45, 7) is -0.137. The molecule has 4 rings (SSSR count). The van der Waals surface area contributed by atoms with E-state index in [1.54, 1.807) is 53.4 Å². The molecule has 2 aromatic rings. The molecule has 1 saturated heterocycles. The number of methoxy groups -OCH3 is 1. The number of hydrogen-bond donors (Lipinski definition) is 1. The number of alkyl halides is 3. The van der Waals surface area contributed by atoms with Gasteiger partial charge < -0.3 is 10.1 Å². The Hall–Kier alpha value is -2.87. The fraction of sp³-hybridized carbons (Fsp3) is 0.440. The lowest BCUT2D eigenvalue weighted by Gasteiger charge is -2.39. The molecule has 0 spiro atoms. The minimum atomic E-state index is -2.91. The van der Waals surface area contributed by atoms with E-state index in [-0.39, 0.29) is 13.0 Å². The maximum absolute atomic E-state index is 14.3. The number of benzene rings is 2. The number of halogens is 3. The molecule has 1 heterocycles. The SMILES string of the molecule is COC(=O)c1ccc(C2(NC(=O)[C@H]3CC(F)(F)CCN3Cc3ccc(CF)cc3)CC2)cc1. The molecule has 1 N–H and O–H groups in total. The van der Waals surface area contributed by atoms with Gasteiger partial charge in [0.1, 0.15) is 6.67 Å². The highest BCUT2D eigenvalue weighted by Crippen LogP contribution is 2.46. The molecular weight excluding hydrogens is 433 g/mol. The molecule has 5 nitrogen and oxygen atoms in total. The number of carbonyl (C=O) groups is 2. The maximum atomic E-state index is 14.3. The quantitative estimate of drug-likeness (QED) is 0.625. The lowest BCUT2D eigenvalue weighted by Crippen LogP contribution is -2.55. The minimum absolute atomic E-state index is 0.0940. The van der Waals surface area contributed by atoms with Crippen molar-refractivity contribution in [2.45, 2.75) is 56.4 Å². The zero-order valence-electron chi connectivity index (χ0n) is 18.5. The van der Waals surface area contributed by atoms with E-state index in [9.17, 15) is 22.8 Å². The van der Waals surface area contributed by atoms with Crippen LogP contribution in [0, 0.1) is 0 Å². The summed E-state index contributed by atoms with van der Waals surface area (Å²) in [7, 11) is 1.31. The molecule has 2 aromatic carbocycles. The van der Waals surface area contributed by atoms with Crippen LogP contribution in [0.5, 0.6) is 0 Å². The number of likely N-dealkylation sites (tertiary alicyclic amines) is 1. The molecule has 176 valence electrons. The van der Waals surface area contributed by atoms with E-state index in [2.05, 4.69) is 5.32 Å². The van der Waals surface area contributed by atoms with Gasteiger partial charge in [-0.2, -0.15) is 0 Å². The summed E-state index contributed by atoms with van der Waals surface area (Å²) in [6, 6.07) is 12.7. The molecule has 1 amide bonds. The second-order valence-corrected chi connectivity index (χ2v) is 8.89. The Kier molecular flexibility index (Phi) is 6.47. The zero-order valence-corrected chi connectivity index (χ0v) is 18.5. The zero-order chi connectivity index (χ0) is 23.6. The molecule has 33 heavy (non-hydrogen) atoms. The number of hydrogen-bond acceptors (Lipinski definition) is 4. The molecule has 0 aromatic heterocycles. The van der Waals surface area contributed by atoms with Crippen LogP contribution < -0.4 is 5.32 Å². The van der Waals surface area contributed by atoms with Crippen LogP contribution in [0.2, 0.25) is 0 Å². The van der Waals surface area contributed by atoms with Gasteiger partial charge in [0, 0.05) is 25.9 Å². The molecule has 1 aliphatic heterocycles. The molecule has 8 heteroatoms. The summed E-state index contributed by atoms with van der Waals surface area (Å²) in [5, 5.41) is 3.01. The standard InChI is InChI=1S/C25H27F3N2O3/c1-33-23(32)19-6-8-20(9-7-19)24(10-11-24)29-22(31)21-14-25(27,28)12-13-30(21)16-18-4-2-17(15-26)3-5-18/h2-9,21H,10-16H2,1H3,(H,29,31)/t21-/m1/s1. The normalized spacial score (nSPS) is 21.3. The third-order valence-corrected chi connectivity index (χ3v) is 6.53. The third-order valence-electron chi connectivity index (χ3n) is 6.53. The molecule has 0 radical (unpaired) electrons. The van der Waals surface area contributed by atoms with Gasteiger partial charge in [-0.05, 0) is 41.7 Å². The van der Waals surface area contributed by atoms with Gasteiger partial charge in [-0.1, -0.05) is 36.4 Å². The Morgan fingerprint density at radius 1 is 1.03 bits per heavy atom. The molecule has 1 atom stereocenters. The first-order valence-corrected chi connectivity index (χ1v) is 11.0. The van der Waals surface area contributed by atoms with Crippen molar-refractivity contribution in [2.75, 3.05) is 13.7 Å². The van der Waals surface area contributed by atoms with Crippen molar-refractivity contribution in [3.8, 4) is 0 Å². The highest BCUT2D eigenvalue weighted by molar-refractivity contribution is 5.89. The van der Waals surface area contributed by atoms with Gasteiger partial charge in [-0.15, -0.1) is 0 Å². The van der Waals surface area contributed by atoms with Crippen molar-refractivity contribution < 1.29 is 27.5 Å². The minimum Gasteiger partial charge on any atom is -0.465 e. The van der Waals surface area contributed by atoms with Gasteiger partial charge in [0.2, 0.25) is 5.91 Å². The van der Waals surface area contributed by atoms with Gasteiger partial charge in [0.25, 0.3) is 5.92 Å². The van der Waals surface area contributed by atoms with Crippen LogP contribution in [0.25, 0.3) is 0 Å². The lowest BCUT2D eigenvalue weighted by molar-refractivity contribution is -0.139. The van der Waals surface area contributed by atoms with Crippen LogP contribution in [0.1, 0.15) is 52.7 Å². The van der Waals surface area contributed by atoms with Crippen LogP contribution in [0.3, 0.4) is 0 Å². The number of nitrogens with zero attached hydrogens (tertiary/aromatic N) is 1. The Labute approximate surface area is 190 Å². The molecule has 2 fully saturated rings. The van der Waals surface area contributed by atoms with E-state index in [4.69, 9.17) is 4.74 Å². The van der Waals surface area contributed by atoms with Gasteiger partial charge in [0.15, 0.2) is 0 Å². The van der Waals surface area contributed by atoms with Crippen molar-refractivity contribution in [3.05, 3.63) is 70.8 Å². The smallest absolute Gasteiger partial charge is 0.337 e. The van der Waals surface area contributed by atoms with Crippen molar-refractivity contribution >= 4 is 11.9 Å². The summed E-state index contributed by atoms with van der Waals surface area (Å²) in [5.74, 6) is -3.78. The van der Waals surface area contributed by atoms with Crippen molar-refractivity contribution in [1.82, 2.24) is 10.2 Å². The van der Waals surface area contributed by atoms with Crippen LogP contribution in [0.4, 0.5) is 13.2 Å². The molecule has 0 bridgehead atoms. The first kappa shape index (κ1) is 23.3. The topological polar surface area (TPSA) is 58.6 Å². The van der Waals surface area contributed by atoms with Gasteiger partial charge in [-0.25, -0.2) is 18.0 Å². The Morgan fingerprint density at radius 3 is 2.24 bits per heavy atom. The molecule has 1 aliphatic carbocycles. The summed E-state index contributed by atoms with van der Waals surface area (Å²) < 4.78 is 46.0. The van der Waals surface area contributed by atoms with E-state index in [0.29, 0.717) is 30.5 Å². The fourth-order valence-electron chi connectivity index (χ4n) is 4.37. The van der Waals surface area contributed by atoms with E-state index >= 15 is 0 Å². The highest BCUT2D eigenvalue weighted by atomic mass is 19.3. The van der Waals surface area contributed by atoms with E-state index < -0.39 is 42.5 Å². The average molecular weight is 460 g/mol. The van der Waals surface area contributed by atoms with Crippen LogP contribution in [-0.4, -0.2) is 42.4 Å². The predicted molar refractivity (Wildman–Crippen MR) is 116 cm³/mol. The summed E-state index contributed by atoms with van der Waals surface area (Å²) in [6.07, 6.45) is 0.548. The second kappa shape index (κ2) is 9.17. The largest absolute Gasteiger partial charge is 0.465 e. The molecule has 2 aliphatic rings. The molecular formula is C25H27F3N2O3. The van der Waals surface area contributed by atoms with Crippen LogP contribution >= 0.6 is 0 Å². The van der Waals surface area contributed by atoms with Gasteiger partial charge in [-0.3, -0.25) is 9.69 Å². The number of piperidine rings is 1. The van der Waals surface area contributed by atoms with Crippen LogP contribution in [-0.2, 0) is 28.3 Å². The fourth-order valence-corrected chi connectivity index (χ4v) is 4.37. The summed E-state index contributed by atoms with van der Waals surface area (Å²) >= 11 is 0. The second-order valence-electron chi connectivity index (χ2n) is 8.89. The Bertz CT molecular complexity index is 1000. The van der Waals surface area contributed by atoms with E-state index in [0.717, 1.165) is 11.1 Å². The number of carbonyl (C=O) groups excluding carboxylic acids is 2. The van der Waals surface area contributed by atoms with Gasteiger partial charge >= 0.3 is 5.97 Å². The van der Waals surface area contributed by atoms with Crippen LogP contribution in [0.15, 0.2) is 48.5 Å². The third kappa shape index (κ3) is 5.21. The first-order chi connectivity index (χ1) is 15.7. The monoisotopic (exact) mass is 460 g/mol. The Balaban J connectivity index is 1.49. The summed E-state index contributed by atoms with van der Waals surface area (Å²) in [4.78, 5) is 26.7. The van der Waals surface area contributed by atoms with Gasteiger partial charge in [0.05, 0.1) is 24.3 Å². The lowest BCUT2D eigenvalue weighted by atomic mass is 9.95. The van der Waals surface area contributed by atoms with Crippen molar-refractivity contribution in [1.29, 1.82) is 0 Å².